The van der Waals surface area contributed by atoms with Crippen molar-refractivity contribution in [3.8, 4) is 5.75 Å². The number of phenolic OH excluding ortho intramolecular Hbond substituents is 1. The van der Waals surface area contributed by atoms with Crippen LogP contribution < -0.4 is 5.32 Å². The average molecular weight is 365 g/mol. The lowest BCUT2D eigenvalue weighted by Crippen LogP contribution is -2.46. The van der Waals surface area contributed by atoms with Crippen LogP contribution in [0.25, 0.3) is 0 Å². The van der Waals surface area contributed by atoms with E-state index >= 15 is 0 Å². The molecule has 0 aliphatic rings. The Morgan fingerprint density at radius 1 is 1.53 bits per heavy atom. The lowest BCUT2D eigenvalue weighted by atomic mass is 10.0. The molecule has 17 heavy (non-hydrogen) atoms. The van der Waals surface area contributed by atoms with E-state index in [2.05, 4.69) is 37.2 Å². The minimum atomic E-state index is -0.314. The second kappa shape index (κ2) is 5.87. The molecule has 1 aromatic carbocycles. The predicted octanol–water partition coefficient (Wildman–Crippen LogP) is 3.45. The van der Waals surface area contributed by atoms with Crippen LogP contribution in [0.2, 0.25) is 0 Å². The van der Waals surface area contributed by atoms with Gasteiger partial charge in [-0.3, -0.25) is 4.79 Å². The van der Waals surface area contributed by atoms with Crippen molar-refractivity contribution in [1.29, 1.82) is 0 Å². The fourth-order valence-corrected chi connectivity index (χ4v) is 2.15. The monoisotopic (exact) mass is 363 g/mol. The number of phenols is 1. The summed E-state index contributed by atoms with van der Waals surface area (Å²) in [7, 11) is 0. The molecule has 1 amide bonds. The van der Waals surface area contributed by atoms with Gasteiger partial charge in [0.05, 0.1) is 5.56 Å². The molecule has 0 fully saturated rings. The van der Waals surface area contributed by atoms with Crippen molar-refractivity contribution in [3.05, 3.63) is 28.2 Å². The number of hydrogen-bond acceptors (Lipinski definition) is 2. The van der Waals surface area contributed by atoms with Gasteiger partial charge in [0.1, 0.15) is 5.75 Å². The van der Waals surface area contributed by atoms with Crippen molar-refractivity contribution in [1.82, 2.24) is 5.32 Å². The summed E-state index contributed by atoms with van der Waals surface area (Å²) in [6, 6.07) is 4.79. The van der Waals surface area contributed by atoms with Gasteiger partial charge in [-0.2, -0.15) is 0 Å². The van der Waals surface area contributed by atoms with Crippen molar-refractivity contribution in [2.45, 2.75) is 25.8 Å². The van der Waals surface area contributed by atoms with Crippen LogP contribution in [0.3, 0.4) is 0 Å². The van der Waals surface area contributed by atoms with Crippen molar-refractivity contribution in [2.75, 3.05) is 5.33 Å². The average Bonchev–Trinajstić information content (AvgIpc) is 2.32. The first-order valence-electron chi connectivity index (χ1n) is 5.29. The molecule has 2 N–H and O–H groups in total. The van der Waals surface area contributed by atoms with Crippen molar-refractivity contribution in [2.24, 2.45) is 0 Å². The fourth-order valence-electron chi connectivity index (χ4n) is 1.25. The van der Waals surface area contributed by atoms with Gasteiger partial charge in [-0.15, -0.1) is 0 Å². The second-order valence-electron chi connectivity index (χ2n) is 4.16. The minimum absolute atomic E-state index is 0.0151. The Morgan fingerprint density at radius 3 is 2.71 bits per heavy atom. The van der Waals surface area contributed by atoms with E-state index in [1.165, 1.54) is 6.07 Å². The number of carbonyl (C=O) groups is 1. The molecule has 0 heterocycles. The smallest absolute Gasteiger partial charge is 0.255 e. The zero-order valence-electron chi connectivity index (χ0n) is 9.76. The number of halogens is 2. The van der Waals surface area contributed by atoms with Crippen molar-refractivity contribution >= 4 is 37.8 Å². The molecular weight excluding hydrogens is 350 g/mol. The maximum atomic E-state index is 12.0. The molecule has 5 heteroatoms. The van der Waals surface area contributed by atoms with Crippen LogP contribution >= 0.6 is 31.9 Å². The molecule has 0 aliphatic carbocycles. The van der Waals surface area contributed by atoms with Gasteiger partial charge in [0.2, 0.25) is 0 Å². The largest absolute Gasteiger partial charge is 0.507 e. The molecule has 0 saturated carbocycles. The van der Waals surface area contributed by atoms with E-state index in [9.17, 15) is 9.90 Å². The minimum Gasteiger partial charge on any atom is -0.507 e. The van der Waals surface area contributed by atoms with Gasteiger partial charge in [-0.1, -0.05) is 38.8 Å². The first kappa shape index (κ1) is 14.5. The van der Waals surface area contributed by atoms with Gasteiger partial charge in [0.25, 0.3) is 5.91 Å². The van der Waals surface area contributed by atoms with Crippen LogP contribution in [0.5, 0.6) is 5.75 Å². The quantitative estimate of drug-likeness (QED) is 0.804. The van der Waals surface area contributed by atoms with Gasteiger partial charge in [0, 0.05) is 15.3 Å². The van der Waals surface area contributed by atoms with Gasteiger partial charge < -0.3 is 10.4 Å². The summed E-state index contributed by atoms with van der Waals surface area (Å²) in [5.74, 6) is -0.286. The van der Waals surface area contributed by atoms with Gasteiger partial charge in [-0.05, 0) is 31.5 Å². The summed E-state index contributed by atoms with van der Waals surface area (Å²) < 4.78 is 0.762. The Bertz CT molecular complexity index is 417. The highest BCUT2D eigenvalue weighted by Gasteiger charge is 2.24. The lowest BCUT2D eigenvalue weighted by Gasteiger charge is -2.27. The van der Waals surface area contributed by atoms with Crippen LogP contribution in [0.1, 0.15) is 30.6 Å². The summed E-state index contributed by atoms with van der Waals surface area (Å²) in [5, 5.41) is 13.2. The van der Waals surface area contributed by atoms with Crippen LogP contribution in [-0.2, 0) is 0 Å². The Labute approximate surface area is 118 Å². The van der Waals surface area contributed by atoms with E-state index in [4.69, 9.17) is 0 Å². The molecular formula is C12H15Br2NO2. The van der Waals surface area contributed by atoms with Gasteiger partial charge in [0.15, 0.2) is 0 Å². The van der Waals surface area contributed by atoms with Crippen LogP contribution in [0, 0.1) is 0 Å². The summed E-state index contributed by atoms with van der Waals surface area (Å²) in [5.41, 5.74) is -0.0359. The van der Waals surface area contributed by atoms with Crippen LogP contribution in [-0.4, -0.2) is 21.9 Å². The van der Waals surface area contributed by atoms with Gasteiger partial charge >= 0.3 is 0 Å². The standard InChI is InChI=1S/C12H15Br2NO2/c1-3-12(2,7-13)15-11(17)9-6-8(14)4-5-10(9)16/h4-6,16H,3,7H2,1-2H3,(H,15,17). The molecule has 1 rings (SSSR count). The maximum absolute atomic E-state index is 12.0. The van der Waals surface area contributed by atoms with E-state index < -0.39 is 0 Å². The van der Waals surface area contributed by atoms with E-state index in [1.54, 1.807) is 12.1 Å². The number of aromatic hydroxyl groups is 1. The molecule has 1 aromatic rings. The molecule has 3 nitrogen and oxygen atoms in total. The number of alkyl halides is 1. The molecule has 94 valence electrons. The van der Waals surface area contributed by atoms with Crippen molar-refractivity contribution in [3.63, 3.8) is 0 Å². The second-order valence-corrected chi connectivity index (χ2v) is 5.64. The SMILES string of the molecule is CCC(C)(CBr)NC(=O)c1cc(Br)ccc1O. The zero-order valence-corrected chi connectivity index (χ0v) is 12.9. The first-order valence-corrected chi connectivity index (χ1v) is 7.20. The summed E-state index contributed by atoms with van der Waals surface area (Å²) in [6.45, 7) is 3.96. The number of rotatable bonds is 4. The van der Waals surface area contributed by atoms with E-state index in [1.807, 2.05) is 13.8 Å². The summed E-state index contributed by atoms with van der Waals surface area (Å²) in [6.07, 6.45) is 0.804. The van der Waals surface area contributed by atoms with E-state index in [0.717, 1.165) is 10.9 Å². The highest BCUT2D eigenvalue weighted by atomic mass is 79.9. The number of nitrogens with one attached hydrogen (secondary N) is 1. The number of carbonyl (C=O) groups excluding carboxylic acids is 1. The number of benzene rings is 1. The predicted molar refractivity (Wildman–Crippen MR) is 75.8 cm³/mol. The van der Waals surface area contributed by atoms with Crippen LogP contribution in [0.4, 0.5) is 0 Å². The lowest BCUT2D eigenvalue weighted by molar-refractivity contribution is 0.0910. The summed E-state index contributed by atoms with van der Waals surface area (Å²) >= 11 is 6.66. The fraction of sp³-hybridized carbons (Fsp3) is 0.417. The molecule has 1 atom stereocenters. The Hall–Kier alpha value is -0.550. The number of hydrogen-bond donors (Lipinski definition) is 2. The molecule has 0 aliphatic heterocycles. The Kier molecular flexibility index (Phi) is 5.01. The number of amides is 1. The van der Waals surface area contributed by atoms with E-state index in [-0.39, 0.29) is 22.8 Å². The first-order chi connectivity index (χ1) is 7.91. The molecule has 0 aromatic heterocycles. The topological polar surface area (TPSA) is 49.3 Å². The molecule has 0 bridgehead atoms. The third-order valence-electron chi connectivity index (χ3n) is 2.69. The third-order valence-corrected chi connectivity index (χ3v) is 4.42. The maximum Gasteiger partial charge on any atom is 0.255 e. The Balaban J connectivity index is 2.94. The molecule has 0 radical (unpaired) electrons. The molecule has 1 unspecified atom stereocenters. The van der Waals surface area contributed by atoms with E-state index in [0.29, 0.717) is 5.33 Å². The molecule has 0 saturated heterocycles. The third kappa shape index (κ3) is 3.71. The zero-order chi connectivity index (χ0) is 13.1. The van der Waals surface area contributed by atoms with Gasteiger partial charge in [-0.25, -0.2) is 0 Å². The Morgan fingerprint density at radius 2 is 2.18 bits per heavy atom. The van der Waals surface area contributed by atoms with Crippen LogP contribution in [0.15, 0.2) is 22.7 Å². The summed E-state index contributed by atoms with van der Waals surface area (Å²) in [4.78, 5) is 12.0. The normalized spacial score (nSPS) is 14.1. The van der Waals surface area contributed by atoms with Crippen molar-refractivity contribution < 1.29 is 9.90 Å². The highest BCUT2D eigenvalue weighted by Crippen LogP contribution is 2.23. The highest BCUT2D eigenvalue weighted by molar-refractivity contribution is 9.10. The molecule has 0 spiro atoms.